The number of nitrogens with one attached hydrogen (secondary N) is 1. The molecule has 3 rings (SSSR count). The first-order valence-electron chi connectivity index (χ1n) is 6.54. The van der Waals surface area contributed by atoms with E-state index in [1.807, 2.05) is 45.9 Å². The van der Waals surface area contributed by atoms with Crippen LogP contribution in [0, 0.1) is 0 Å². The van der Waals surface area contributed by atoms with Gasteiger partial charge >= 0.3 is 0 Å². The zero-order valence-electron chi connectivity index (χ0n) is 11.2. The van der Waals surface area contributed by atoms with Crippen LogP contribution >= 0.6 is 11.6 Å². The molecule has 3 aromatic rings. The number of imidazole rings is 1. The fourth-order valence-electron chi connectivity index (χ4n) is 2.13. The van der Waals surface area contributed by atoms with Crippen LogP contribution in [0.25, 0.3) is 5.65 Å². The Kier molecular flexibility index (Phi) is 3.71. The van der Waals surface area contributed by atoms with E-state index in [1.54, 1.807) is 6.20 Å². The van der Waals surface area contributed by atoms with Gasteiger partial charge in [-0.15, -0.1) is 0 Å². The first-order valence-corrected chi connectivity index (χ1v) is 6.92. The summed E-state index contributed by atoms with van der Waals surface area (Å²) in [5.74, 6) is 0. The molecule has 0 bridgehead atoms. The normalized spacial score (nSPS) is 12.9. The van der Waals surface area contributed by atoms with E-state index in [2.05, 4.69) is 22.3 Å². The van der Waals surface area contributed by atoms with Crippen LogP contribution in [0.4, 0.5) is 0 Å². The van der Waals surface area contributed by atoms with Crippen LogP contribution in [-0.2, 0) is 13.1 Å². The number of aromatic nitrogens is 4. The smallest absolute Gasteiger partial charge is 0.137 e. The highest BCUT2D eigenvalue weighted by atomic mass is 35.5. The van der Waals surface area contributed by atoms with Crippen molar-refractivity contribution in [2.45, 2.75) is 26.1 Å². The fraction of sp³-hybridized carbons (Fsp3) is 0.286. The zero-order chi connectivity index (χ0) is 13.9. The fourth-order valence-corrected chi connectivity index (χ4v) is 2.30. The molecule has 0 aromatic carbocycles. The lowest BCUT2D eigenvalue weighted by molar-refractivity contribution is 0.449. The highest BCUT2D eigenvalue weighted by Gasteiger charge is 2.06. The Morgan fingerprint density at radius 1 is 1.35 bits per heavy atom. The average Bonchev–Trinajstić information content (AvgIpc) is 3.04. The van der Waals surface area contributed by atoms with Crippen molar-refractivity contribution < 1.29 is 0 Å². The van der Waals surface area contributed by atoms with Crippen LogP contribution in [0.15, 0.2) is 43.0 Å². The van der Waals surface area contributed by atoms with E-state index in [9.17, 15) is 0 Å². The van der Waals surface area contributed by atoms with Crippen LogP contribution in [0.3, 0.4) is 0 Å². The van der Waals surface area contributed by atoms with Crippen molar-refractivity contribution >= 4 is 17.2 Å². The number of nitrogens with zero attached hydrogens (tertiary/aromatic N) is 4. The van der Waals surface area contributed by atoms with Crippen molar-refractivity contribution in [1.82, 2.24) is 24.5 Å². The monoisotopic (exact) mass is 289 g/mol. The first-order chi connectivity index (χ1) is 9.70. The SMILES string of the molecule is CC(Cn1cccn1)NCc1cn2cc(Cl)ccc2n1. The van der Waals surface area contributed by atoms with E-state index in [0.29, 0.717) is 11.1 Å². The van der Waals surface area contributed by atoms with Gasteiger partial charge in [0.05, 0.1) is 17.3 Å². The second-order valence-electron chi connectivity index (χ2n) is 4.86. The highest BCUT2D eigenvalue weighted by Crippen LogP contribution is 2.11. The van der Waals surface area contributed by atoms with Gasteiger partial charge in [-0.25, -0.2) is 4.98 Å². The van der Waals surface area contributed by atoms with Gasteiger partial charge in [-0.3, -0.25) is 4.68 Å². The predicted molar refractivity (Wildman–Crippen MR) is 78.7 cm³/mol. The van der Waals surface area contributed by atoms with Crippen LogP contribution in [0.1, 0.15) is 12.6 Å². The molecule has 0 aliphatic carbocycles. The molecule has 0 aliphatic rings. The topological polar surface area (TPSA) is 47.2 Å². The maximum atomic E-state index is 5.96. The first kappa shape index (κ1) is 13.1. The Labute approximate surface area is 122 Å². The molecule has 0 amide bonds. The molecule has 1 unspecified atom stereocenters. The molecular weight excluding hydrogens is 274 g/mol. The largest absolute Gasteiger partial charge is 0.307 e. The molecule has 0 saturated heterocycles. The molecule has 0 fully saturated rings. The summed E-state index contributed by atoms with van der Waals surface area (Å²) in [5, 5.41) is 8.35. The Hall–Kier alpha value is -1.85. The van der Waals surface area contributed by atoms with Gasteiger partial charge in [0.15, 0.2) is 0 Å². The van der Waals surface area contributed by atoms with E-state index >= 15 is 0 Å². The summed E-state index contributed by atoms with van der Waals surface area (Å²) < 4.78 is 3.86. The van der Waals surface area contributed by atoms with Crippen molar-refractivity contribution in [1.29, 1.82) is 0 Å². The molecule has 0 aliphatic heterocycles. The van der Waals surface area contributed by atoms with E-state index in [0.717, 1.165) is 24.4 Å². The third-order valence-electron chi connectivity index (χ3n) is 3.12. The summed E-state index contributed by atoms with van der Waals surface area (Å²) in [6.07, 6.45) is 7.61. The Balaban J connectivity index is 1.61. The number of halogens is 1. The summed E-state index contributed by atoms with van der Waals surface area (Å²) in [7, 11) is 0. The van der Waals surface area contributed by atoms with E-state index in [4.69, 9.17) is 11.6 Å². The second-order valence-corrected chi connectivity index (χ2v) is 5.29. The lowest BCUT2D eigenvalue weighted by Gasteiger charge is -2.12. The highest BCUT2D eigenvalue weighted by molar-refractivity contribution is 6.30. The number of hydrogen-bond acceptors (Lipinski definition) is 3. The summed E-state index contributed by atoms with van der Waals surface area (Å²) in [6.45, 7) is 3.70. The molecule has 5 nitrogen and oxygen atoms in total. The Bertz CT molecular complexity index is 689. The minimum Gasteiger partial charge on any atom is -0.307 e. The van der Waals surface area contributed by atoms with Crippen LogP contribution in [0.5, 0.6) is 0 Å². The van der Waals surface area contributed by atoms with Gasteiger partial charge in [0.2, 0.25) is 0 Å². The van der Waals surface area contributed by atoms with Gasteiger partial charge in [0, 0.05) is 37.4 Å². The number of fused-ring (bicyclic) bond motifs is 1. The van der Waals surface area contributed by atoms with Crippen molar-refractivity contribution in [3.8, 4) is 0 Å². The maximum absolute atomic E-state index is 5.96. The second kappa shape index (κ2) is 5.64. The lowest BCUT2D eigenvalue weighted by atomic mass is 10.3. The zero-order valence-corrected chi connectivity index (χ0v) is 12.0. The average molecular weight is 290 g/mol. The molecule has 1 N–H and O–H groups in total. The van der Waals surface area contributed by atoms with E-state index in [1.165, 1.54) is 0 Å². The van der Waals surface area contributed by atoms with Gasteiger partial charge in [-0.05, 0) is 25.1 Å². The molecule has 20 heavy (non-hydrogen) atoms. The van der Waals surface area contributed by atoms with Gasteiger partial charge in [0.25, 0.3) is 0 Å². The molecule has 0 spiro atoms. The molecule has 104 valence electrons. The third kappa shape index (κ3) is 3.00. The number of rotatable bonds is 5. The van der Waals surface area contributed by atoms with Crippen molar-refractivity contribution in [2.24, 2.45) is 0 Å². The van der Waals surface area contributed by atoms with Crippen molar-refractivity contribution in [2.75, 3.05) is 0 Å². The molecule has 0 radical (unpaired) electrons. The van der Waals surface area contributed by atoms with Gasteiger partial charge < -0.3 is 9.72 Å². The molecular formula is C14H16ClN5. The molecule has 0 saturated carbocycles. The predicted octanol–water partition coefficient (Wildman–Crippen LogP) is 2.36. The van der Waals surface area contributed by atoms with Gasteiger partial charge in [-0.2, -0.15) is 5.10 Å². The summed E-state index contributed by atoms with van der Waals surface area (Å²) >= 11 is 5.96. The number of pyridine rings is 1. The number of hydrogen-bond donors (Lipinski definition) is 1. The Morgan fingerprint density at radius 3 is 3.05 bits per heavy atom. The van der Waals surface area contributed by atoms with Crippen LogP contribution in [-0.4, -0.2) is 25.2 Å². The quantitative estimate of drug-likeness (QED) is 0.784. The van der Waals surface area contributed by atoms with E-state index in [-0.39, 0.29) is 0 Å². The third-order valence-corrected chi connectivity index (χ3v) is 3.34. The summed E-state index contributed by atoms with van der Waals surface area (Å²) in [4.78, 5) is 4.54. The lowest BCUT2D eigenvalue weighted by Crippen LogP contribution is -2.30. The molecule has 6 heteroatoms. The van der Waals surface area contributed by atoms with Crippen molar-refractivity contribution in [3.05, 3.63) is 53.7 Å². The molecule has 3 heterocycles. The minimum absolute atomic E-state index is 0.323. The minimum atomic E-state index is 0.323. The molecule has 1 atom stereocenters. The van der Waals surface area contributed by atoms with Crippen LogP contribution < -0.4 is 5.32 Å². The standard InChI is InChI=1S/C14H16ClN5/c1-11(8-20-6-2-5-17-20)16-7-13-10-19-9-12(15)3-4-14(19)18-13/h2-6,9-11,16H,7-8H2,1H3. The van der Waals surface area contributed by atoms with E-state index < -0.39 is 0 Å². The van der Waals surface area contributed by atoms with Gasteiger partial charge in [-0.1, -0.05) is 11.6 Å². The molecule has 3 aromatic heterocycles. The maximum Gasteiger partial charge on any atom is 0.137 e. The van der Waals surface area contributed by atoms with Gasteiger partial charge in [0.1, 0.15) is 5.65 Å². The summed E-state index contributed by atoms with van der Waals surface area (Å²) in [5.41, 5.74) is 1.91. The summed E-state index contributed by atoms with van der Waals surface area (Å²) in [6, 6.07) is 6.02. The van der Waals surface area contributed by atoms with Crippen molar-refractivity contribution in [3.63, 3.8) is 0 Å². The van der Waals surface area contributed by atoms with Crippen LogP contribution in [0.2, 0.25) is 5.02 Å². The Morgan fingerprint density at radius 2 is 2.25 bits per heavy atom.